The summed E-state index contributed by atoms with van der Waals surface area (Å²) in [6.45, 7) is 1.14. The Labute approximate surface area is 167 Å². The Balaban J connectivity index is 2.06. The summed E-state index contributed by atoms with van der Waals surface area (Å²) in [5.74, 6) is -0.591. The van der Waals surface area contributed by atoms with Gasteiger partial charge in [-0.25, -0.2) is 0 Å². The maximum absolute atomic E-state index is 13.2. The number of nitrogens with zero attached hydrogens (tertiary/aromatic N) is 1. The van der Waals surface area contributed by atoms with Crippen LogP contribution in [-0.2, 0) is 23.6 Å². The summed E-state index contributed by atoms with van der Waals surface area (Å²) < 4.78 is 79.2. The smallest absolute Gasteiger partial charge is 0.349 e. The predicted molar refractivity (Wildman–Crippen MR) is 98.5 cm³/mol. The molecule has 3 rings (SSSR count). The molecule has 0 saturated heterocycles. The number of nitrogens with one attached hydrogen (secondary N) is 1. The van der Waals surface area contributed by atoms with E-state index in [1.165, 1.54) is 0 Å². The molecule has 9 heteroatoms. The molecule has 1 amide bonds. The van der Waals surface area contributed by atoms with Crippen LogP contribution in [0.4, 0.5) is 26.3 Å². The number of pyridine rings is 1. The Morgan fingerprint density at radius 2 is 1.53 bits per heavy atom. The summed E-state index contributed by atoms with van der Waals surface area (Å²) in [4.78, 5) is 16.0. The van der Waals surface area contributed by atoms with Gasteiger partial charge >= 0.3 is 12.4 Å². The van der Waals surface area contributed by atoms with Crippen molar-refractivity contribution in [1.82, 2.24) is 10.3 Å². The first-order valence-corrected chi connectivity index (χ1v) is 8.84. The van der Waals surface area contributed by atoms with E-state index >= 15 is 0 Å². The lowest BCUT2D eigenvalue weighted by Gasteiger charge is -2.21. The van der Waals surface area contributed by atoms with Crippen molar-refractivity contribution in [3.63, 3.8) is 0 Å². The molecule has 1 heterocycles. The van der Waals surface area contributed by atoms with Crippen LogP contribution in [0.2, 0.25) is 0 Å². The van der Waals surface area contributed by atoms with Gasteiger partial charge in [-0.3, -0.25) is 9.78 Å². The van der Waals surface area contributed by atoms with Crippen molar-refractivity contribution in [1.29, 1.82) is 0 Å². The van der Waals surface area contributed by atoms with Gasteiger partial charge < -0.3 is 5.32 Å². The fourth-order valence-corrected chi connectivity index (χ4v) is 3.11. The monoisotopic (exact) mass is 426 g/mol. The van der Waals surface area contributed by atoms with Crippen LogP contribution in [0, 0.1) is 0 Å². The van der Waals surface area contributed by atoms with Crippen LogP contribution in [0.5, 0.6) is 0 Å². The largest absolute Gasteiger partial charge is 0.416 e. The number of hydrogen-bond donors (Lipinski definition) is 1. The number of carbonyl (C=O) groups is 1. The van der Waals surface area contributed by atoms with Gasteiger partial charge in [-0.2, -0.15) is 26.3 Å². The van der Waals surface area contributed by atoms with Gasteiger partial charge in [0.2, 0.25) is 5.91 Å². The lowest BCUT2D eigenvalue weighted by molar-refractivity contribution is -0.143. The number of para-hydroxylation sites is 1. The van der Waals surface area contributed by atoms with Crippen LogP contribution in [0.15, 0.2) is 54.6 Å². The Hall–Kier alpha value is -3.10. The Bertz CT molecular complexity index is 1040. The molecule has 0 spiro atoms. The summed E-state index contributed by atoms with van der Waals surface area (Å²) in [6.07, 6.45) is -10.0. The molecule has 0 fully saturated rings. The van der Waals surface area contributed by atoms with Crippen LogP contribution in [-0.4, -0.2) is 10.9 Å². The highest BCUT2D eigenvalue weighted by atomic mass is 19.4. The van der Waals surface area contributed by atoms with E-state index in [1.807, 2.05) is 12.1 Å². The Kier molecular flexibility index (Phi) is 5.74. The number of amides is 1. The standard InChI is InChI=1S/C21H16F6N2O/c1-12(30)28-19(11-17-7-6-13-4-2-3-5-18(13)29-17)14-8-15(20(22,23)24)10-16(9-14)21(25,26)27/h2-10,19H,11H2,1H3,(H,28,30)/t19-/m1/s1. The lowest BCUT2D eigenvalue weighted by Crippen LogP contribution is -2.28. The number of fused-ring (bicyclic) bond motifs is 1. The minimum Gasteiger partial charge on any atom is -0.349 e. The average molecular weight is 426 g/mol. The summed E-state index contributed by atoms with van der Waals surface area (Å²) in [5, 5.41) is 3.27. The summed E-state index contributed by atoms with van der Waals surface area (Å²) in [7, 11) is 0. The van der Waals surface area contributed by atoms with Crippen molar-refractivity contribution >= 4 is 16.8 Å². The first-order chi connectivity index (χ1) is 13.9. The van der Waals surface area contributed by atoms with E-state index < -0.39 is 35.4 Å². The topological polar surface area (TPSA) is 42.0 Å². The zero-order valence-corrected chi connectivity index (χ0v) is 15.6. The number of carbonyl (C=O) groups excluding carboxylic acids is 1. The van der Waals surface area contributed by atoms with Crippen LogP contribution < -0.4 is 5.32 Å². The third-order valence-corrected chi connectivity index (χ3v) is 4.46. The second kappa shape index (κ2) is 7.97. The van der Waals surface area contributed by atoms with Crippen molar-refractivity contribution in [3.05, 3.63) is 77.0 Å². The van der Waals surface area contributed by atoms with E-state index in [1.54, 1.807) is 24.3 Å². The first-order valence-electron chi connectivity index (χ1n) is 8.84. The minimum absolute atomic E-state index is 0.0581. The van der Waals surface area contributed by atoms with Crippen molar-refractivity contribution < 1.29 is 31.1 Å². The molecule has 0 saturated carbocycles. The highest BCUT2D eigenvalue weighted by Gasteiger charge is 2.37. The number of aromatic nitrogens is 1. The molecule has 2 aromatic carbocycles. The predicted octanol–water partition coefficient (Wildman–Crippen LogP) is 5.69. The molecule has 0 bridgehead atoms. The number of hydrogen-bond acceptors (Lipinski definition) is 2. The van der Waals surface area contributed by atoms with E-state index in [2.05, 4.69) is 10.3 Å². The molecule has 1 N–H and O–H groups in total. The Morgan fingerprint density at radius 3 is 2.10 bits per heavy atom. The van der Waals surface area contributed by atoms with Crippen molar-refractivity contribution in [2.24, 2.45) is 0 Å². The number of halogens is 6. The molecule has 0 unspecified atom stereocenters. The quantitative estimate of drug-likeness (QED) is 0.545. The van der Waals surface area contributed by atoms with E-state index in [4.69, 9.17) is 0 Å². The van der Waals surface area contributed by atoms with Gasteiger partial charge in [-0.1, -0.05) is 24.3 Å². The van der Waals surface area contributed by atoms with Gasteiger partial charge in [0.05, 0.1) is 22.7 Å². The summed E-state index contributed by atoms with van der Waals surface area (Å²) >= 11 is 0. The van der Waals surface area contributed by atoms with E-state index in [9.17, 15) is 31.1 Å². The van der Waals surface area contributed by atoms with Gasteiger partial charge in [0.25, 0.3) is 0 Å². The third kappa shape index (κ3) is 5.08. The van der Waals surface area contributed by atoms with Crippen LogP contribution in [0.25, 0.3) is 10.9 Å². The van der Waals surface area contributed by atoms with Gasteiger partial charge in [-0.05, 0) is 35.9 Å². The lowest BCUT2D eigenvalue weighted by atomic mass is 9.96. The van der Waals surface area contributed by atoms with Crippen molar-refractivity contribution in [2.45, 2.75) is 31.7 Å². The highest BCUT2D eigenvalue weighted by molar-refractivity contribution is 5.78. The SMILES string of the molecule is CC(=O)N[C@H](Cc1ccc2ccccc2n1)c1cc(C(F)(F)F)cc(C(F)(F)F)c1. The number of alkyl halides is 6. The minimum atomic E-state index is -4.97. The zero-order chi connectivity index (χ0) is 22.1. The molecule has 1 atom stereocenters. The van der Waals surface area contributed by atoms with E-state index in [-0.39, 0.29) is 18.1 Å². The molecule has 0 aliphatic rings. The van der Waals surface area contributed by atoms with Gasteiger partial charge in [-0.15, -0.1) is 0 Å². The molecular weight excluding hydrogens is 410 g/mol. The summed E-state index contributed by atoms with van der Waals surface area (Å²) in [6, 6.07) is 10.7. The second-order valence-electron chi connectivity index (χ2n) is 6.79. The zero-order valence-electron chi connectivity index (χ0n) is 15.6. The molecule has 30 heavy (non-hydrogen) atoms. The molecule has 0 aliphatic heterocycles. The molecule has 3 aromatic rings. The molecule has 0 radical (unpaired) electrons. The third-order valence-electron chi connectivity index (χ3n) is 4.46. The van der Waals surface area contributed by atoms with Crippen molar-refractivity contribution in [2.75, 3.05) is 0 Å². The van der Waals surface area contributed by atoms with Crippen LogP contribution >= 0.6 is 0 Å². The highest BCUT2D eigenvalue weighted by Crippen LogP contribution is 2.38. The molecule has 1 aromatic heterocycles. The maximum Gasteiger partial charge on any atom is 0.416 e. The normalized spacial score (nSPS) is 13.3. The fourth-order valence-electron chi connectivity index (χ4n) is 3.11. The molecule has 0 aliphatic carbocycles. The van der Waals surface area contributed by atoms with Gasteiger partial charge in [0, 0.05) is 24.4 Å². The van der Waals surface area contributed by atoms with Gasteiger partial charge in [0.15, 0.2) is 0 Å². The van der Waals surface area contributed by atoms with Crippen LogP contribution in [0.1, 0.15) is 35.3 Å². The van der Waals surface area contributed by atoms with Crippen LogP contribution in [0.3, 0.4) is 0 Å². The van der Waals surface area contributed by atoms with E-state index in [0.717, 1.165) is 12.3 Å². The van der Waals surface area contributed by atoms with E-state index in [0.29, 0.717) is 23.3 Å². The average Bonchev–Trinajstić information content (AvgIpc) is 2.65. The number of rotatable bonds is 4. The first kappa shape index (κ1) is 21.6. The molecule has 3 nitrogen and oxygen atoms in total. The Morgan fingerprint density at radius 1 is 0.933 bits per heavy atom. The van der Waals surface area contributed by atoms with Crippen molar-refractivity contribution in [3.8, 4) is 0 Å². The molecular formula is C21H16F6N2O. The number of benzene rings is 2. The summed E-state index contributed by atoms with van der Waals surface area (Å²) in [5.41, 5.74) is -2.14. The second-order valence-corrected chi connectivity index (χ2v) is 6.79. The fraction of sp³-hybridized carbons (Fsp3) is 0.238. The van der Waals surface area contributed by atoms with Gasteiger partial charge in [0.1, 0.15) is 0 Å². The molecule has 158 valence electrons. The maximum atomic E-state index is 13.2.